The Labute approximate surface area is 172 Å². The van der Waals surface area contributed by atoms with Gasteiger partial charge in [-0.15, -0.1) is 0 Å². The quantitative estimate of drug-likeness (QED) is 0.753. The average molecular weight is 396 g/mol. The summed E-state index contributed by atoms with van der Waals surface area (Å²) in [6.07, 6.45) is 0.743. The van der Waals surface area contributed by atoms with Gasteiger partial charge in [0.25, 0.3) is 11.8 Å². The molecule has 29 heavy (non-hydrogen) atoms. The van der Waals surface area contributed by atoms with Gasteiger partial charge in [-0.25, -0.2) is 0 Å². The van der Waals surface area contributed by atoms with Crippen LogP contribution in [0, 0.1) is 13.8 Å². The molecule has 2 amide bonds. The number of benzene rings is 2. The van der Waals surface area contributed by atoms with Gasteiger partial charge in [0, 0.05) is 26.2 Å². The molecule has 0 saturated carbocycles. The predicted molar refractivity (Wildman–Crippen MR) is 111 cm³/mol. The van der Waals surface area contributed by atoms with Crippen LogP contribution in [-0.4, -0.2) is 61.0 Å². The van der Waals surface area contributed by atoms with Gasteiger partial charge < -0.3 is 19.3 Å². The summed E-state index contributed by atoms with van der Waals surface area (Å²) >= 11 is 0. The van der Waals surface area contributed by atoms with Crippen LogP contribution in [0.15, 0.2) is 48.5 Å². The van der Waals surface area contributed by atoms with Crippen molar-refractivity contribution in [2.24, 2.45) is 0 Å². The molecule has 1 heterocycles. The first-order valence-electron chi connectivity index (χ1n) is 9.96. The summed E-state index contributed by atoms with van der Waals surface area (Å²) < 4.78 is 11.2. The van der Waals surface area contributed by atoms with Crippen LogP contribution in [0.25, 0.3) is 0 Å². The van der Waals surface area contributed by atoms with E-state index in [9.17, 15) is 9.59 Å². The number of carbonyl (C=O) groups excluding carboxylic acids is 2. The minimum absolute atomic E-state index is 0.00751. The summed E-state index contributed by atoms with van der Waals surface area (Å²) in [7, 11) is 0. The Morgan fingerprint density at radius 1 is 0.759 bits per heavy atom. The molecule has 0 spiro atoms. The molecule has 1 aliphatic heterocycles. The number of nitrogens with zero attached hydrogens (tertiary/aromatic N) is 2. The molecule has 0 aromatic heterocycles. The minimum atomic E-state index is -0.0606. The zero-order valence-corrected chi connectivity index (χ0v) is 17.1. The van der Waals surface area contributed by atoms with Gasteiger partial charge in [0.2, 0.25) is 0 Å². The highest BCUT2D eigenvalue weighted by molar-refractivity contribution is 5.79. The largest absolute Gasteiger partial charge is 0.484 e. The van der Waals surface area contributed by atoms with Crippen molar-refractivity contribution in [1.29, 1.82) is 0 Å². The van der Waals surface area contributed by atoms with Crippen LogP contribution in [0.2, 0.25) is 0 Å². The first-order valence-corrected chi connectivity index (χ1v) is 9.96. The Kier molecular flexibility index (Phi) is 7.11. The Morgan fingerprint density at radius 2 is 1.34 bits per heavy atom. The van der Waals surface area contributed by atoms with Crippen LogP contribution in [0.4, 0.5) is 0 Å². The van der Waals surface area contributed by atoms with Crippen LogP contribution in [-0.2, 0) is 9.59 Å². The number of rotatable bonds is 6. The first-order chi connectivity index (χ1) is 14.0. The highest BCUT2D eigenvalue weighted by Crippen LogP contribution is 2.16. The lowest BCUT2D eigenvalue weighted by molar-refractivity contribution is -0.135. The topological polar surface area (TPSA) is 59.1 Å². The molecule has 1 fully saturated rings. The van der Waals surface area contributed by atoms with E-state index in [1.54, 1.807) is 9.80 Å². The predicted octanol–water partition coefficient (Wildman–Crippen LogP) is 2.82. The maximum atomic E-state index is 12.5. The molecular formula is C23H28N2O4. The molecule has 1 aliphatic rings. The van der Waals surface area contributed by atoms with E-state index in [4.69, 9.17) is 9.47 Å². The zero-order chi connectivity index (χ0) is 20.6. The van der Waals surface area contributed by atoms with Gasteiger partial charge in [-0.2, -0.15) is 0 Å². The second kappa shape index (κ2) is 9.96. The fourth-order valence-electron chi connectivity index (χ4n) is 3.21. The second-order valence-corrected chi connectivity index (χ2v) is 7.25. The fraction of sp³-hybridized carbons (Fsp3) is 0.391. The van der Waals surface area contributed by atoms with E-state index in [2.05, 4.69) is 0 Å². The van der Waals surface area contributed by atoms with E-state index in [0.717, 1.165) is 12.0 Å². The van der Waals surface area contributed by atoms with Crippen molar-refractivity contribution in [3.8, 4) is 11.5 Å². The normalized spacial score (nSPS) is 14.3. The van der Waals surface area contributed by atoms with E-state index >= 15 is 0 Å². The monoisotopic (exact) mass is 396 g/mol. The van der Waals surface area contributed by atoms with E-state index in [-0.39, 0.29) is 25.0 Å². The number of hydrogen-bond acceptors (Lipinski definition) is 4. The highest BCUT2D eigenvalue weighted by Gasteiger charge is 2.22. The highest BCUT2D eigenvalue weighted by atomic mass is 16.5. The van der Waals surface area contributed by atoms with Crippen LogP contribution in [0.5, 0.6) is 11.5 Å². The molecule has 6 heteroatoms. The standard InChI is InChI=1S/C23H28N2O4/c1-18-9-10-21(15-19(18)2)29-17-23(27)25-12-6-11-24(13-14-25)22(26)16-28-20-7-4-3-5-8-20/h3-5,7-10,15H,6,11-14,16-17H2,1-2H3. The fourth-order valence-corrected chi connectivity index (χ4v) is 3.21. The number of aryl methyl sites for hydroxylation is 2. The summed E-state index contributed by atoms with van der Waals surface area (Å²) in [5.74, 6) is 1.26. The lowest BCUT2D eigenvalue weighted by atomic mass is 10.1. The van der Waals surface area contributed by atoms with Gasteiger partial charge in [0.1, 0.15) is 11.5 Å². The summed E-state index contributed by atoms with van der Waals surface area (Å²) in [5.41, 5.74) is 2.33. The van der Waals surface area contributed by atoms with Crippen molar-refractivity contribution in [3.05, 3.63) is 59.7 Å². The van der Waals surface area contributed by atoms with Crippen molar-refractivity contribution < 1.29 is 19.1 Å². The zero-order valence-electron chi connectivity index (χ0n) is 17.1. The Morgan fingerprint density at radius 3 is 1.93 bits per heavy atom. The molecule has 2 aromatic rings. The third kappa shape index (κ3) is 5.98. The number of para-hydroxylation sites is 1. The molecule has 0 bridgehead atoms. The second-order valence-electron chi connectivity index (χ2n) is 7.25. The first kappa shape index (κ1) is 20.7. The molecule has 0 N–H and O–H groups in total. The maximum absolute atomic E-state index is 12.5. The van der Waals surface area contributed by atoms with Gasteiger partial charge in [0.15, 0.2) is 13.2 Å². The molecule has 0 unspecified atom stereocenters. The van der Waals surface area contributed by atoms with Crippen molar-refractivity contribution >= 4 is 11.8 Å². The van der Waals surface area contributed by atoms with Gasteiger partial charge in [-0.05, 0) is 55.7 Å². The lowest BCUT2D eigenvalue weighted by Gasteiger charge is -2.22. The number of carbonyl (C=O) groups is 2. The Hall–Kier alpha value is -3.02. The molecule has 0 atom stereocenters. The smallest absolute Gasteiger partial charge is 0.260 e. The van der Waals surface area contributed by atoms with Crippen molar-refractivity contribution in [1.82, 2.24) is 9.80 Å². The SMILES string of the molecule is Cc1ccc(OCC(=O)N2CCCN(C(=O)COc3ccccc3)CC2)cc1C. The summed E-state index contributed by atoms with van der Waals surface area (Å²) in [4.78, 5) is 28.5. The lowest BCUT2D eigenvalue weighted by Crippen LogP contribution is -2.40. The molecule has 0 aliphatic carbocycles. The van der Waals surface area contributed by atoms with Crippen molar-refractivity contribution in [2.45, 2.75) is 20.3 Å². The third-order valence-electron chi connectivity index (χ3n) is 5.15. The van der Waals surface area contributed by atoms with Gasteiger partial charge in [-0.3, -0.25) is 9.59 Å². The minimum Gasteiger partial charge on any atom is -0.484 e. The summed E-state index contributed by atoms with van der Waals surface area (Å²) in [5, 5.41) is 0. The van der Waals surface area contributed by atoms with E-state index < -0.39 is 0 Å². The number of amides is 2. The number of ether oxygens (including phenoxy) is 2. The van der Waals surface area contributed by atoms with Crippen LogP contribution < -0.4 is 9.47 Å². The van der Waals surface area contributed by atoms with Crippen molar-refractivity contribution in [3.63, 3.8) is 0 Å². The van der Waals surface area contributed by atoms with E-state index in [1.807, 2.05) is 62.4 Å². The van der Waals surface area contributed by atoms with E-state index in [1.165, 1.54) is 5.56 Å². The molecule has 6 nitrogen and oxygen atoms in total. The summed E-state index contributed by atoms with van der Waals surface area (Å²) in [6, 6.07) is 15.1. The Bertz CT molecular complexity index is 838. The van der Waals surface area contributed by atoms with Gasteiger partial charge >= 0.3 is 0 Å². The average Bonchev–Trinajstić information content (AvgIpc) is 3.00. The summed E-state index contributed by atoms with van der Waals surface area (Å²) in [6.45, 7) is 6.34. The van der Waals surface area contributed by atoms with Crippen molar-refractivity contribution in [2.75, 3.05) is 39.4 Å². The Balaban J connectivity index is 1.45. The van der Waals surface area contributed by atoms with Crippen LogP contribution in [0.1, 0.15) is 17.5 Å². The van der Waals surface area contributed by atoms with Crippen LogP contribution >= 0.6 is 0 Å². The molecular weight excluding hydrogens is 368 g/mol. The van der Waals surface area contributed by atoms with Gasteiger partial charge in [0.05, 0.1) is 0 Å². The third-order valence-corrected chi connectivity index (χ3v) is 5.15. The van der Waals surface area contributed by atoms with Gasteiger partial charge in [-0.1, -0.05) is 24.3 Å². The van der Waals surface area contributed by atoms with Crippen LogP contribution in [0.3, 0.4) is 0 Å². The molecule has 2 aromatic carbocycles. The molecule has 0 radical (unpaired) electrons. The number of hydrogen-bond donors (Lipinski definition) is 0. The maximum Gasteiger partial charge on any atom is 0.260 e. The molecule has 1 saturated heterocycles. The molecule has 154 valence electrons. The van der Waals surface area contributed by atoms with E-state index in [0.29, 0.717) is 37.7 Å². The molecule has 3 rings (SSSR count).